The molecule has 1 atom stereocenters. The lowest BCUT2D eigenvalue weighted by Gasteiger charge is -2.42. The topological polar surface area (TPSA) is 43.8 Å². The van der Waals surface area contributed by atoms with Gasteiger partial charge < -0.3 is 14.9 Å². The van der Waals surface area contributed by atoms with Crippen LogP contribution in [0.4, 0.5) is 0 Å². The van der Waals surface area contributed by atoms with Crippen LogP contribution >= 0.6 is 11.6 Å². The molecule has 2 heterocycles. The van der Waals surface area contributed by atoms with Gasteiger partial charge in [-0.1, -0.05) is 84.4 Å². The van der Waals surface area contributed by atoms with Crippen LogP contribution in [0.25, 0.3) is 0 Å². The molecule has 0 radical (unpaired) electrons. The zero-order chi connectivity index (χ0) is 25.3. The maximum Gasteiger partial charge on any atom is 0.238 e. The van der Waals surface area contributed by atoms with Gasteiger partial charge in [0.1, 0.15) is 5.41 Å². The smallest absolute Gasteiger partial charge is 0.238 e. The number of amides is 1. The maximum absolute atomic E-state index is 14.3. The summed E-state index contributed by atoms with van der Waals surface area (Å²) in [6, 6.07) is 28.3. The van der Waals surface area contributed by atoms with Gasteiger partial charge in [-0.2, -0.15) is 0 Å². The van der Waals surface area contributed by atoms with Crippen molar-refractivity contribution in [3.63, 3.8) is 0 Å². The maximum atomic E-state index is 14.3. The van der Waals surface area contributed by atoms with Gasteiger partial charge in [-0.25, -0.2) is 0 Å². The molecule has 2 aliphatic rings. The lowest BCUT2D eigenvalue weighted by atomic mass is 9.67. The molecular weight excluding hydrogens is 468 g/mol. The van der Waals surface area contributed by atoms with Crippen LogP contribution in [0.15, 0.2) is 84.9 Å². The van der Waals surface area contributed by atoms with Gasteiger partial charge in [-0.3, -0.25) is 4.79 Å². The van der Waals surface area contributed by atoms with Crippen molar-refractivity contribution in [2.75, 3.05) is 26.2 Å². The number of halogens is 1. The highest BCUT2D eigenvalue weighted by Crippen LogP contribution is 2.47. The van der Waals surface area contributed by atoms with Gasteiger partial charge in [0.2, 0.25) is 5.91 Å². The molecule has 2 fully saturated rings. The van der Waals surface area contributed by atoms with Gasteiger partial charge in [-0.15, -0.1) is 0 Å². The molecule has 0 saturated carbocycles. The molecule has 5 rings (SSSR count). The zero-order valence-electron chi connectivity index (χ0n) is 21.1. The third-order valence-corrected chi connectivity index (χ3v) is 8.50. The molecule has 36 heavy (non-hydrogen) atoms. The Morgan fingerprint density at radius 1 is 0.861 bits per heavy atom. The van der Waals surface area contributed by atoms with Crippen LogP contribution in [0.5, 0.6) is 0 Å². The number of likely N-dealkylation sites (tertiary alicyclic amines) is 2. The Labute approximate surface area is 219 Å². The number of rotatable bonds is 6. The van der Waals surface area contributed by atoms with Gasteiger partial charge in [0.25, 0.3) is 0 Å². The van der Waals surface area contributed by atoms with Crippen molar-refractivity contribution >= 4 is 17.5 Å². The second kappa shape index (κ2) is 10.0. The van der Waals surface area contributed by atoms with Gasteiger partial charge in [-0.05, 0) is 55.5 Å². The molecule has 5 heteroatoms. The summed E-state index contributed by atoms with van der Waals surface area (Å²) in [4.78, 5) is 18.8. The van der Waals surface area contributed by atoms with E-state index >= 15 is 0 Å². The fourth-order valence-electron chi connectivity index (χ4n) is 6.25. The van der Waals surface area contributed by atoms with Gasteiger partial charge in [0, 0.05) is 43.2 Å². The fraction of sp³-hybridized carbons (Fsp3) is 0.387. The first-order valence-electron chi connectivity index (χ1n) is 13.0. The van der Waals surface area contributed by atoms with Crippen molar-refractivity contribution in [3.8, 4) is 0 Å². The minimum Gasteiger partial charge on any atom is -0.385 e. The first-order chi connectivity index (χ1) is 17.3. The Balaban J connectivity index is 1.46. The molecule has 0 bridgehead atoms. The van der Waals surface area contributed by atoms with Gasteiger partial charge >= 0.3 is 0 Å². The molecule has 3 aromatic rings. The van der Waals surface area contributed by atoms with Crippen molar-refractivity contribution < 1.29 is 9.90 Å². The first kappa shape index (κ1) is 25.0. The van der Waals surface area contributed by atoms with E-state index in [1.165, 1.54) is 0 Å². The molecule has 0 aliphatic carbocycles. The van der Waals surface area contributed by atoms with Crippen LogP contribution in [0.1, 0.15) is 43.4 Å². The number of carbonyl (C=O) groups is 1. The van der Waals surface area contributed by atoms with E-state index < -0.39 is 11.0 Å². The summed E-state index contributed by atoms with van der Waals surface area (Å²) in [7, 11) is 0. The fourth-order valence-corrected chi connectivity index (χ4v) is 6.38. The van der Waals surface area contributed by atoms with Crippen LogP contribution in [0.2, 0.25) is 5.02 Å². The predicted octanol–water partition coefficient (Wildman–Crippen LogP) is 5.48. The van der Waals surface area contributed by atoms with E-state index in [1.807, 2.05) is 60.7 Å². The molecule has 3 aromatic carbocycles. The van der Waals surface area contributed by atoms with Crippen molar-refractivity contribution in [1.82, 2.24) is 9.80 Å². The predicted molar refractivity (Wildman–Crippen MR) is 145 cm³/mol. The molecule has 0 aromatic heterocycles. The van der Waals surface area contributed by atoms with Crippen LogP contribution in [0, 0.1) is 5.92 Å². The Bertz CT molecular complexity index is 1130. The van der Waals surface area contributed by atoms with E-state index in [0.717, 1.165) is 42.9 Å². The van der Waals surface area contributed by atoms with Crippen LogP contribution in [-0.4, -0.2) is 53.0 Å². The minimum atomic E-state index is -0.841. The molecule has 188 valence electrons. The standard InChI is InChI=1S/C31H35ClN2O2/c1-23(2)34-22-27(21-33-19-17-30(36,18-20-33)24-13-15-28(32)16-14-24)31(29(34)35,25-9-5-3-6-10-25)26-11-7-4-8-12-26/h3-16,23,27,36H,17-22H2,1-2H3. The Hall–Kier alpha value is -2.66. The van der Waals surface area contributed by atoms with E-state index in [1.54, 1.807) is 0 Å². The largest absolute Gasteiger partial charge is 0.385 e. The second-order valence-corrected chi connectivity index (χ2v) is 11.1. The van der Waals surface area contributed by atoms with Crippen molar-refractivity contribution in [1.29, 1.82) is 0 Å². The number of nitrogens with zero attached hydrogens (tertiary/aromatic N) is 2. The molecule has 1 N–H and O–H groups in total. The number of hydrogen-bond donors (Lipinski definition) is 1. The van der Waals surface area contributed by atoms with Gasteiger partial charge in [0.05, 0.1) is 5.60 Å². The van der Waals surface area contributed by atoms with E-state index in [2.05, 4.69) is 47.9 Å². The van der Waals surface area contributed by atoms with Crippen molar-refractivity contribution in [2.24, 2.45) is 5.92 Å². The van der Waals surface area contributed by atoms with E-state index in [9.17, 15) is 9.90 Å². The summed E-state index contributed by atoms with van der Waals surface area (Å²) in [6.07, 6.45) is 1.32. The zero-order valence-corrected chi connectivity index (χ0v) is 21.9. The molecular formula is C31H35ClN2O2. The summed E-state index contributed by atoms with van der Waals surface area (Å²) in [5.74, 6) is 0.286. The summed E-state index contributed by atoms with van der Waals surface area (Å²) < 4.78 is 0. The SMILES string of the molecule is CC(C)N1CC(CN2CCC(O)(c3ccc(Cl)cc3)CC2)C(c2ccccc2)(c2ccccc2)C1=O. The lowest BCUT2D eigenvalue weighted by Crippen LogP contribution is -2.49. The summed E-state index contributed by atoms with van der Waals surface area (Å²) in [5, 5.41) is 12.1. The van der Waals surface area contributed by atoms with Crippen LogP contribution in [-0.2, 0) is 15.8 Å². The number of piperidine rings is 1. The highest BCUT2D eigenvalue weighted by molar-refractivity contribution is 6.30. The number of aliphatic hydroxyl groups is 1. The third kappa shape index (κ3) is 4.36. The molecule has 1 amide bonds. The molecule has 0 spiro atoms. The van der Waals surface area contributed by atoms with E-state index in [0.29, 0.717) is 17.9 Å². The summed E-state index contributed by atoms with van der Waals surface area (Å²) in [6.45, 7) is 7.30. The number of carbonyl (C=O) groups excluding carboxylic acids is 1. The second-order valence-electron chi connectivity index (χ2n) is 10.6. The van der Waals surface area contributed by atoms with Crippen molar-refractivity contribution in [3.05, 3.63) is 107 Å². The third-order valence-electron chi connectivity index (χ3n) is 8.25. The quantitative estimate of drug-likeness (QED) is 0.485. The van der Waals surface area contributed by atoms with Crippen molar-refractivity contribution in [2.45, 2.75) is 43.7 Å². The Kier molecular flexibility index (Phi) is 6.95. The summed E-state index contributed by atoms with van der Waals surface area (Å²) in [5.41, 5.74) is 1.48. The van der Waals surface area contributed by atoms with E-state index in [-0.39, 0.29) is 17.9 Å². The average Bonchev–Trinajstić information content (AvgIpc) is 3.19. The monoisotopic (exact) mass is 502 g/mol. The van der Waals surface area contributed by atoms with Crippen LogP contribution < -0.4 is 0 Å². The molecule has 2 saturated heterocycles. The highest BCUT2D eigenvalue weighted by Gasteiger charge is 2.57. The Morgan fingerprint density at radius 3 is 1.89 bits per heavy atom. The lowest BCUT2D eigenvalue weighted by molar-refractivity contribution is -0.133. The average molecular weight is 503 g/mol. The van der Waals surface area contributed by atoms with E-state index in [4.69, 9.17) is 11.6 Å². The normalized spacial score (nSPS) is 21.8. The van der Waals surface area contributed by atoms with Crippen LogP contribution in [0.3, 0.4) is 0 Å². The molecule has 4 nitrogen and oxygen atoms in total. The van der Waals surface area contributed by atoms with Gasteiger partial charge in [0.15, 0.2) is 0 Å². The highest BCUT2D eigenvalue weighted by atomic mass is 35.5. The minimum absolute atomic E-state index is 0.0962. The first-order valence-corrected chi connectivity index (χ1v) is 13.4. The molecule has 1 unspecified atom stereocenters. The summed E-state index contributed by atoms with van der Waals surface area (Å²) >= 11 is 6.07. The number of benzene rings is 3. The Morgan fingerprint density at radius 2 is 1.39 bits per heavy atom. The number of hydrogen-bond acceptors (Lipinski definition) is 3. The molecule has 2 aliphatic heterocycles.